The quantitative estimate of drug-likeness (QED) is 0.427. The maximum absolute atomic E-state index is 5.35. The Morgan fingerprint density at radius 2 is 2.17 bits per heavy atom. The number of rotatable bonds is 5. The second kappa shape index (κ2) is 8.14. The summed E-state index contributed by atoms with van der Waals surface area (Å²) in [5, 5.41) is 0. The van der Waals surface area contributed by atoms with Crippen LogP contribution in [0.25, 0.3) is 0 Å². The molecule has 0 heterocycles. The number of terminal acetylenes is 1. The first-order valence-electron chi connectivity index (χ1n) is 4.62. The van der Waals surface area contributed by atoms with Crippen molar-refractivity contribution in [3.63, 3.8) is 0 Å². The first kappa shape index (κ1) is 11.0. The van der Waals surface area contributed by atoms with E-state index in [2.05, 4.69) is 31.1 Å². The summed E-state index contributed by atoms with van der Waals surface area (Å²) in [6, 6.07) is 0. The molecule has 0 N–H and O–H groups in total. The topological polar surface area (TPSA) is 0 Å². The Morgan fingerprint density at radius 3 is 2.67 bits per heavy atom. The average molecular weight is 162 g/mol. The number of allylic oxidation sites excluding steroid dienone is 4. The van der Waals surface area contributed by atoms with Crippen LogP contribution in [0.15, 0.2) is 23.8 Å². The van der Waals surface area contributed by atoms with E-state index >= 15 is 0 Å². The van der Waals surface area contributed by atoms with E-state index in [0.29, 0.717) is 0 Å². The Morgan fingerprint density at radius 1 is 1.42 bits per heavy atom. The zero-order chi connectivity index (χ0) is 9.23. The van der Waals surface area contributed by atoms with Crippen molar-refractivity contribution in [2.75, 3.05) is 0 Å². The molecule has 0 fully saturated rings. The van der Waals surface area contributed by atoms with Gasteiger partial charge in [0.05, 0.1) is 0 Å². The van der Waals surface area contributed by atoms with Gasteiger partial charge in [-0.3, -0.25) is 0 Å². The van der Waals surface area contributed by atoms with Gasteiger partial charge in [0.1, 0.15) is 0 Å². The molecule has 0 aliphatic rings. The number of unbranched alkanes of at least 4 members (excludes halogenated alkanes) is 1. The Labute approximate surface area is 76.4 Å². The molecule has 0 nitrogen and oxygen atoms in total. The average Bonchev–Trinajstić information content (AvgIpc) is 2.11. The van der Waals surface area contributed by atoms with Gasteiger partial charge in [-0.25, -0.2) is 0 Å². The molecule has 0 heteroatoms. The van der Waals surface area contributed by atoms with Crippen molar-refractivity contribution in [2.24, 2.45) is 0 Å². The molecular formula is C12H18. The van der Waals surface area contributed by atoms with Crippen LogP contribution in [0.5, 0.6) is 0 Å². The first-order chi connectivity index (χ1) is 5.85. The summed E-state index contributed by atoms with van der Waals surface area (Å²) < 4.78 is 0. The highest BCUT2D eigenvalue weighted by molar-refractivity contribution is 5.25. The molecule has 0 bridgehead atoms. The molecule has 0 atom stereocenters. The van der Waals surface area contributed by atoms with Gasteiger partial charge in [-0.1, -0.05) is 37.5 Å². The lowest BCUT2D eigenvalue weighted by Crippen LogP contribution is -1.78. The zero-order valence-electron chi connectivity index (χ0n) is 8.14. The third-order valence-electron chi connectivity index (χ3n) is 1.68. The van der Waals surface area contributed by atoms with Gasteiger partial charge in [0, 0.05) is 0 Å². The van der Waals surface area contributed by atoms with E-state index in [1.54, 1.807) is 0 Å². The van der Waals surface area contributed by atoms with E-state index in [4.69, 9.17) is 6.42 Å². The molecule has 12 heavy (non-hydrogen) atoms. The maximum Gasteiger partial charge on any atom is -0.00192 e. The van der Waals surface area contributed by atoms with E-state index in [1.165, 1.54) is 6.42 Å². The third kappa shape index (κ3) is 5.80. The van der Waals surface area contributed by atoms with Crippen LogP contribution in [0.3, 0.4) is 0 Å². The van der Waals surface area contributed by atoms with Gasteiger partial charge < -0.3 is 0 Å². The Bertz CT molecular complexity index is 189. The molecular weight excluding hydrogens is 144 g/mol. The lowest BCUT2D eigenvalue weighted by molar-refractivity contribution is 0.930. The highest BCUT2D eigenvalue weighted by Gasteiger charge is 1.89. The number of hydrogen-bond acceptors (Lipinski definition) is 0. The normalized spacial score (nSPS) is 11.9. The van der Waals surface area contributed by atoms with Crippen molar-refractivity contribution in [1.82, 2.24) is 0 Å². The minimum absolute atomic E-state index is 1.01. The van der Waals surface area contributed by atoms with Gasteiger partial charge in [-0.05, 0) is 31.8 Å². The fourth-order valence-electron chi connectivity index (χ4n) is 0.957. The second-order valence-corrected chi connectivity index (χ2v) is 2.77. The smallest absolute Gasteiger partial charge is 0.00192 e. The van der Waals surface area contributed by atoms with Crippen LogP contribution in [0.1, 0.15) is 39.5 Å². The van der Waals surface area contributed by atoms with Gasteiger partial charge >= 0.3 is 0 Å². The molecule has 0 aromatic carbocycles. The molecule has 0 aromatic rings. The van der Waals surface area contributed by atoms with Gasteiger partial charge in [-0.2, -0.15) is 0 Å². The van der Waals surface area contributed by atoms with Crippen molar-refractivity contribution < 1.29 is 0 Å². The van der Waals surface area contributed by atoms with Crippen molar-refractivity contribution in [3.8, 4) is 12.3 Å². The lowest BCUT2D eigenvalue weighted by atomic mass is 10.1. The summed E-state index contributed by atoms with van der Waals surface area (Å²) in [5.74, 6) is 2.72. The fraction of sp³-hybridized carbons (Fsp3) is 0.500. The predicted octanol–water partition coefficient (Wildman–Crippen LogP) is 3.70. The highest BCUT2D eigenvalue weighted by atomic mass is 13.9. The monoisotopic (exact) mass is 162 g/mol. The maximum atomic E-state index is 5.35. The van der Waals surface area contributed by atoms with Crippen molar-refractivity contribution >= 4 is 0 Å². The van der Waals surface area contributed by atoms with Gasteiger partial charge in [0.15, 0.2) is 0 Å². The molecule has 0 unspecified atom stereocenters. The SMILES string of the molecule is C#CC(=CCCC)CCC=CC. The molecule has 0 saturated carbocycles. The van der Waals surface area contributed by atoms with E-state index in [9.17, 15) is 0 Å². The zero-order valence-corrected chi connectivity index (χ0v) is 8.14. The third-order valence-corrected chi connectivity index (χ3v) is 1.68. The summed E-state index contributed by atoms with van der Waals surface area (Å²) in [6.07, 6.45) is 16.1. The standard InChI is InChI=1S/C12H18/c1-4-7-9-11-12(6-3)10-8-5-2/h3-4,7,10H,5,8-9,11H2,1-2H3. The van der Waals surface area contributed by atoms with Crippen LogP contribution >= 0.6 is 0 Å². The van der Waals surface area contributed by atoms with Crippen LogP contribution in [0.2, 0.25) is 0 Å². The summed E-state index contributed by atoms with van der Waals surface area (Å²) in [5.41, 5.74) is 1.15. The molecule has 0 aliphatic heterocycles. The van der Waals surface area contributed by atoms with Gasteiger partial charge in [0.2, 0.25) is 0 Å². The molecule has 0 rings (SSSR count). The van der Waals surface area contributed by atoms with Crippen LogP contribution in [0, 0.1) is 12.3 Å². The number of hydrogen-bond donors (Lipinski definition) is 0. The van der Waals surface area contributed by atoms with Gasteiger partial charge in [-0.15, -0.1) is 6.42 Å². The summed E-state index contributed by atoms with van der Waals surface area (Å²) in [4.78, 5) is 0. The van der Waals surface area contributed by atoms with Crippen LogP contribution in [-0.4, -0.2) is 0 Å². The molecule has 0 aromatic heterocycles. The molecule has 0 spiro atoms. The van der Waals surface area contributed by atoms with E-state index in [0.717, 1.165) is 24.8 Å². The summed E-state index contributed by atoms with van der Waals surface area (Å²) in [7, 11) is 0. The lowest BCUT2D eigenvalue weighted by Gasteiger charge is -1.95. The highest BCUT2D eigenvalue weighted by Crippen LogP contribution is 2.06. The predicted molar refractivity (Wildman–Crippen MR) is 55.9 cm³/mol. The summed E-state index contributed by atoms with van der Waals surface area (Å²) in [6.45, 7) is 4.20. The Balaban J connectivity index is 3.76. The van der Waals surface area contributed by atoms with E-state index in [1.807, 2.05) is 6.92 Å². The minimum Gasteiger partial charge on any atom is -0.115 e. The van der Waals surface area contributed by atoms with Crippen molar-refractivity contribution in [2.45, 2.75) is 39.5 Å². The Kier molecular flexibility index (Phi) is 7.49. The van der Waals surface area contributed by atoms with E-state index < -0.39 is 0 Å². The van der Waals surface area contributed by atoms with Gasteiger partial charge in [0.25, 0.3) is 0 Å². The molecule has 66 valence electrons. The Hall–Kier alpha value is -0.960. The molecule has 0 saturated heterocycles. The van der Waals surface area contributed by atoms with Crippen molar-refractivity contribution in [1.29, 1.82) is 0 Å². The largest absolute Gasteiger partial charge is 0.115 e. The van der Waals surface area contributed by atoms with Crippen LogP contribution < -0.4 is 0 Å². The molecule has 0 amide bonds. The van der Waals surface area contributed by atoms with Crippen molar-refractivity contribution in [3.05, 3.63) is 23.8 Å². The van der Waals surface area contributed by atoms with Crippen LogP contribution in [-0.2, 0) is 0 Å². The molecule has 0 radical (unpaired) electrons. The van der Waals surface area contributed by atoms with E-state index in [-0.39, 0.29) is 0 Å². The fourth-order valence-corrected chi connectivity index (χ4v) is 0.957. The summed E-state index contributed by atoms with van der Waals surface area (Å²) >= 11 is 0. The second-order valence-electron chi connectivity index (χ2n) is 2.77. The van der Waals surface area contributed by atoms with Crippen LogP contribution in [0.4, 0.5) is 0 Å². The minimum atomic E-state index is 1.01. The molecule has 0 aliphatic carbocycles. The first-order valence-corrected chi connectivity index (χ1v) is 4.62.